The Kier molecular flexibility index (Phi) is 5.48. The molecule has 12 heavy (non-hydrogen) atoms. The number of Topliss-reactive ketones (excluding diaryl/α,β-unsaturated/α-hetero) is 1. The van der Waals surface area contributed by atoms with Gasteiger partial charge in [0.2, 0.25) is 0 Å². The Labute approximate surface area is 83.0 Å². The molecule has 0 aliphatic heterocycles. The summed E-state index contributed by atoms with van der Waals surface area (Å²) < 4.78 is 0. The van der Waals surface area contributed by atoms with Gasteiger partial charge in [0.05, 0.1) is 0 Å². The van der Waals surface area contributed by atoms with Gasteiger partial charge in [-0.05, 0) is 12.3 Å². The van der Waals surface area contributed by atoms with Crippen molar-refractivity contribution in [3.63, 3.8) is 0 Å². The van der Waals surface area contributed by atoms with Gasteiger partial charge in [0, 0.05) is 17.1 Å². The first kappa shape index (κ1) is 14.2. The molecule has 0 heterocycles. The standard InChI is InChI=1S/C8H14O3.Fe/c1-5(9)6(7(10)11)8(2,3)4;/h6H,1-4H3,(H,10,11);. The maximum atomic E-state index is 10.9. The van der Waals surface area contributed by atoms with Gasteiger partial charge in [-0.1, -0.05) is 20.8 Å². The van der Waals surface area contributed by atoms with E-state index in [0.717, 1.165) is 0 Å². The largest absolute Gasteiger partial charge is 0.481 e. The SMILES string of the molecule is CC(=O)C(C(=O)O)C(C)(C)C.[Fe]. The smallest absolute Gasteiger partial charge is 0.314 e. The Morgan fingerprint density at radius 1 is 1.25 bits per heavy atom. The minimum absolute atomic E-state index is 0. The van der Waals surface area contributed by atoms with Crippen LogP contribution in [-0.4, -0.2) is 16.9 Å². The van der Waals surface area contributed by atoms with Crippen molar-refractivity contribution in [3.8, 4) is 0 Å². The van der Waals surface area contributed by atoms with Crippen LogP contribution in [0.5, 0.6) is 0 Å². The van der Waals surface area contributed by atoms with Gasteiger partial charge in [-0.15, -0.1) is 0 Å². The van der Waals surface area contributed by atoms with E-state index in [1.807, 2.05) is 0 Å². The van der Waals surface area contributed by atoms with Crippen LogP contribution in [0, 0.1) is 11.3 Å². The van der Waals surface area contributed by atoms with Crippen molar-refractivity contribution in [2.45, 2.75) is 27.7 Å². The average molecular weight is 214 g/mol. The van der Waals surface area contributed by atoms with E-state index in [-0.39, 0.29) is 22.9 Å². The fraction of sp³-hybridized carbons (Fsp3) is 0.750. The molecule has 0 saturated heterocycles. The molecule has 0 aromatic heterocycles. The van der Waals surface area contributed by atoms with Gasteiger partial charge in [0.1, 0.15) is 11.7 Å². The monoisotopic (exact) mass is 214 g/mol. The Morgan fingerprint density at radius 3 is 1.58 bits per heavy atom. The maximum Gasteiger partial charge on any atom is 0.314 e. The van der Waals surface area contributed by atoms with Crippen LogP contribution in [0.15, 0.2) is 0 Å². The van der Waals surface area contributed by atoms with Crippen molar-refractivity contribution in [1.82, 2.24) is 0 Å². The first-order chi connectivity index (χ1) is 4.76. The van der Waals surface area contributed by atoms with Crippen LogP contribution in [0.3, 0.4) is 0 Å². The van der Waals surface area contributed by atoms with E-state index in [2.05, 4.69) is 0 Å². The minimum atomic E-state index is -1.04. The van der Waals surface area contributed by atoms with Crippen molar-refractivity contribution in [3.05, 3.63) is 0 Å². The summed E-state index contributed by atoms with van der Waals surface area (Å²) in [5.74, 6) is -2.21. The molecule has 1 unspecified atom stereocenters. The quantitative estimate of drug-likeness (QED) is 0.557. The fourth-order valence-electron chi connectivity index (χ4n) is 1.15. The van der Waals surface area contributed by atoms with Crippen LogP contribution in [0.4, 0.5) is 0 Å². The summed E-state index contributed by atoms with van der Waals surface area (Å²) in [5.41, 5.74) is -0.488. The van der Waals surface area contributed by atoms with Crippen LogP contribution < -0.4 is 0 Å². The second-order valence-corrected chi connectivity index (χ2v) is 3.75. The number of carbonyl (C=O) groups excluding carboxylic acids is 1. The molecule has 0 aliphatic carbocycles. The van der Waals surface area contributed by atoms with Crippen molar-refractivity contribution in [2.75, 3.05) is 0 Å². The van der Waals surface area contributed by atoms with E-state index in [9.17, 15) is 9.59 Å². The second kappa shape index (κ2) is 4.63. The summed E-state index contributed by atoms with van der Waals surface area (Å²) in [6, 6.07) is 0. The van der Waals surface area contributed by atoms with Crippen molar-refractivity contribution >= 4 is 11.8 Å². The summed E-state index contributed by atoms with van der Waals surface area (Å²) in [7, 11) is 0. The zero-order valence-corrected chi connectivity index (χ0v) is 8.80. The normalized spacial score (nSPS) is 13.0. The summed E-state index contributed by atoms with van der Waals surface area (Å²) in [6.45, 7) is 6.54. The molecular weight excluding hydrogens is 200 g/mol. The van der Waals surface area contributed by atoms with Crippen LogP contribution in [0.25, 0.3) is 0 Å². The molecule has 0 bridgehead atoms. The fourth-order valence-corrected chi connectivity index (χ4v) is 1.15. The predicted molar refractivity (Wildman–Crippen MR) is 41.3 cm³/mol. The Bertz CT molecular complexity index is 167. The molecular formula is C8H14FeO3. The molecule has 1 atom stereocenters. The number of rotatable bonds is 2. The third-order valence-corrected chi connectivity index (χ3v) is 1.52. The van der Waals surface area contributed by atoms with Crippen LogP contribution in [0.2, 0.25) is 0 Å². The predicted octanol–water partition coefficient (Wildman–Crippen LogP) is 1.32. The number of aliphatic carboxylic acids is 1. The molecule has 0 amide bonds. The Balaban J connectivity index is 0. The molecule has 0 aromatic rings. The van der Waals surface area contributed by atoms with Gasteiger partial charge in [0.15, 0.2) is 0 Å². The molecule has 4 heteroatoms. The third kappa shape index (κ3) is 3.88. The molecule has 0 aliphatic rings. The Morgan fingerprint density at radius 2 is 1.58 bits per heavy atom. The molecule has 0 rings (SSSR count). The average Bonchev–Trinajstić information content (AvgIpc) is 1.54. The maximum absolute atomic E-state index is 10.9. The number of hydrogen-bond donors (Lipinski definition) is 1. The van der Waals surface area contributed by atoms with Crippen LogP contribution >= 0.6 is 0 Å². The molecule has 0 fully saturated rings. The Hall–Kier alpha value is -0.341. The van der Waals surface area contributed by atoms with Crippen molar-refractivity contribution < 1.29 is 31.8 Å². The van der Waals surface area contributed by atoms with Gasteiger partial charge < -0.3 is 5.11 Å². The number of carbonyl (C=O) groups is 2. The van der Waals surface area contributed by atoms with Crippen molar-refractivity contribution in [1.29, 1.82) is 0 Å². The number of ketones is 1. The van der Waals surface area contributed by atoms with Crippen molar-refractivity contribution in [2.24, 2.45) is 11.3 Å². The molecule has 0 radical (unpaired) electrons. The summed E-state index contributed by atoms with van der Waals surface area (Å²) in [6.07, 6.45) is 0. The molecule has 3 nitrogen and oxygen atoms in total. The first-order valence-corrected chi connectivity index (χ1v) is 3.50. The number of carboxylic acid groups (broad SMARTS) is 1. The summed E-state index contributed by atoms with van der Waals surface area (Å²) >= 11 is 0. The molecule has 0 aromatic carbocycles. The molecule has 0 saturated carbocycles. The van der Waals surface area contributed by atoms with Gasteiger partial charge in [-0.2, -0.15) is 0 Å². The van der Waals surface area contributed by atoms with E-state index in [1.54, 1.807) is 20.8 Å². The zero-order valence-electron chi connectivity index (χ0n) is 7.69. The van der Waals surface area contributed by atoms with Crippen LogP contribution in [-0.2, 0) is 26.7 Å². The summed E-state index contributed by atoms with van der Waals surface area (Å²) in [4.78, 5) is 21.4. The van der Waals surface area contributed by atoms with E-state index in [4.69, 9.17) is 5.11 Å². The molecule has 0 spiro atoms. The van der Waals surface area contributed by atoms with Gasteiger partial charge in [0.25, 0.3) is 0 Å². The van der Waals surface area contributed by atoms with E-state index in [1.165, 1.54) is 6.92 Å². The molecule has 1 N–H and O–H groups in total. The number of hydrogen-bond acceptors (Lipinski definition) is 2. The second-order valence-electron chi connectivity index (χ2n) is 3.75. The van der Waals surface area contributed by atoms with E-state index in [0.29, 0.717) is 0 Å². The number of carboxylic acids is 1. The van der Waals surface area contributed by atoms with Gasteiger partial charge >= 0.3 is 5.97 Å². The third-order valence-electron chi connectivity index (χ3n) is 1.52. The van der Waals surface area contributed by atoms with Gasteiger partial charge in [-0.3, -0.25) is 9.59 Å². The van der Waals surface area contributed by atoms with E-state index >= 15 is 0 Å². The van der Waals surface area contributed by atoms with Crippen LogP contribution in [0.1, 0.15) is 27.7 Å². The first-order valence-electron chi connectivity index (χ1n) is 3.50. The molecule has 72 valence electrons. The van der Waals surface area contributed by atoms with Gasteiger partial charge in [-0.25, -0.2) is 0 Å². The topological polar surface area (TPSA) is 54.4 Å². The summed E-state index contributed by atoms with van der Waals surface area (Å²) in [5, 5.41) is 8.66. The zero-order chi connectivity index (χ0) is 9.23. The minimum Gasteiger partial charge on any atom is -0.481 e. The van der Waals surface area contributed by atoms with E-state index < -0.39 is 17.3 Å².